The molecule has 0 atom stereocenters. The number of benzene rings is 3. The van der Waals surface area contributed by atoms with Crippen LogP contribution in [0.3, 0.4) is 0 Å². The van der Waals surface area contributed by atoms with E-state index in [0.29, 0.717) is 41.2 Å². The summed E-state index contributed by atoms with van der Waals surface area (Å²) < 4.78 is 40.6. The van der Waals surface area contributed by atoms with Gasteiger partial charge in [-0.25, -0.2) is 10.5 Å². The van der Waals surface area contributed by atoms with Crippen molar-refractivity contribution in [2.24, 2.45) is 0 Å². The second-order valence-corrected chi connectivity index (χ2v) is 7.58. The number of fused-ring (bicyclic) bond motifs is 2. The monoisotopic (exact) mass is 438 g/mol. The number of carbonyl (C=O) groups excluding carboxylic acids is 1. The highest BCUT2D eigenvalue weighted by Crippen LogP contribution is 2.38. The molecular formula is C23H17F3N4O2. The number of imidazole rings is 1. The summed E-state index contributed by atoms with van der Waals surface area (Å²) in [6, 6.07) is 16.2. The van der Waals surface area contributed by atoms with Crippen LogP contribution in [-0.4, -0.2) is 21.1 Å². The van der Waals surface area contributed by atoms with Gasteiger partial charge in [0.05, 0.1) is 16.6 Å². The molecule has 0 fully saturated rings. The normalized spacial score (nSPS) is 13.4. The molecule has 0 radical (unpaired) electrons. The molecule has 0 spiro atoms. The third kappa shape index (κ3) is 3.36. The maximum atomic E-state index is 13.5. The molecule has 1 amide bonds. The minimum atomic E-state index is -4.50. The maximum Gasteiger partial charge on any atom is 0.416 e. The molecule has 0 saturated carbocycles. The van der Waals surface area contributed by atoms with Crippen LogP contribution in [0, 0.1) is 0 Å². The standard InChI is InChI=1S/C23H17F3N4O2/c24-23(25,26)15-9-17(13-5-2-1-3-6-13)20-19(10-15)27-22(28-20)30-11-14-7-4-8-16(18(14)12-30)21(31)29-32/h1-10,32H,11-12H2,(H,27,28)(H,29,31). The summed E-state index contributed by atoms with van der Waals surface area (Å²) in [5.41, 5.74) is 4.57. The molecule has 6 nitrogen and oxygen atoms in total. The Morgan fingerprint density at radius 3 is 2.56 bits per heavy atom. The molecule has 32 heavy (non-hydrogen) atoms. The number of nitrogens with zero attached hydrogens (tertiary/aromatic N) is 2. The molecule has 4 aromatic rings. The Morgan fingerprint density at radius 2 is 1.84 bits per heavy atom. The lowest BCUT2D eigenvalue weighted by atomic mass is 10.0. The first-order valence-electron chi connectivity index (χ1n) is 9.81. The molecule has 1 aliphatic heterocycles. The van der Waals surface area contributed by atoms with Crippen LogP contribution >= 0.6 is 0 Å². The Balaban J connectivity index is 1.60. The SMILES string of the molecule is O=C(NO)c1cccc2c1CN(c1nc3c(-c4ccccc4)cc(C(F)(F)F)cc3[nH]1)C2. The number of rotatable bonds is 3. The van der Waals surface area contributed by atoms with Crippen molar-refractivity contribution < 1.29 is 23.2 Å². The minimum Gasteiger partial charge on any atom is -0.334 e. The van der Waals surface area contributed by atoms with Crippen LogP contribution in [0.25, 0.3) is 22.2 Å². The molecule has 0 saturated heterocycles. The number of amides is 1. The third-order valence-electron chi connectivity index (χ3n) is 5.62. The summed E-state index contributed by atoms with van der Waals surface area (Å²) in [5, 5.41) is 9.00. The number of hydrogen-bond donors (Lipinski definition) is 3. The Hall–Kier alpha value is -3.85. The number of hydroxylamine groups is 1. The van der Waals surface area contributed by atoms with Crippen LogP contribution in [0.4, 0.5) is 19.1 Å². The minimum absolute atomic E-state index is 0.276. The predicted molar refractivity (Wildman–Crippen MR) is 112 cm³/mol. The molecule has 2 heterocycles. The number of anilines is 1. The van der Waals surface area contributed by atoms with E-state index >= 15 is 0 Å². The van der Waals surface area contributed by atoms with Crippen LogP contribution in [0.2, 0.25) is 0 Å². The van der Waals surface area contributed by atoms with Gasteiger partial charge in [-0.3, -0.25) is 10.0 Å². The first-order chi connectivity index (χ1) is 15.3. The van der Waals surface area contributed by atoms with Crippen molar-refractivity contribution in [1.29, 1.82) is 0 Å². The number of aromatic nitrogens is 2. The fourth-order valence-electron chi connectivity index (χ4n) is 4.10. The average Bonchev–Trinajstić information content (AvgIpc) is 3.41. The van der Waals surface area contributed by atoms with Crippen LogP contribution in [-0.2, 0) is 19.3 Å². The Labute approximate surface area is 180 Å². The molecule has 1 aliphatic rings. The molecule has 3 aromatic carbocycles. The zero-order valence-electron chi connectivity index (χ0n) is 16.6. The van der Waals surface area contributed by atoms with Gasteiger partial charge in [0, 0.05) is 24.2 Å². The van der Waals surface area contributed by atoms with E-state index < -0.39 is 17.6 Å². The number of aromatic amines is 1. The second kappa shape index (κ2) is 7.38. The summed E-state index contributed by atoms with van der Waals surface area (Å²) in [6.45, 7) is 0.750. The van der Waals surface area contributed by atoms with Crippen LogP contribution in [0.1, 0.15) is 27.0 Å². The van der Waals surface area contributed by atoms with Crippen molar-refractivity contribution >= 4 is 22.9 Å². The smallest absolute Gasteiger partial charge is 0.334 e. The van der Waals surface area contributed by atoms with Gasteiger partial charge in [0.2, 0.25) is 5.95 Å². The van der Waals surface area contributed by atoms with Gasteiger partial charge < -0.3 is 9.88 Å². The molecule has 9 heteroatoms. The maximum absolute atomic E-state index is 13.5. The van der Waals surface area contributed by atoms with Gasteiger partial charge in [0.15, 0.2) is 0 Å². The van der Waals surface area contributed by atoms with Gasteiger partial charge in [0.25, 0.3) is 5.91 Å². The van der Waals surface area contributed by atoms with Gasteiger partial charge in [-0.15, -0.1) is 0 Å². The van der Waals surface area contributed by atoms with E-state index in [1.807, 2.05) is 11.0 Å². The molecule has 162 valence electrons. The van der Waals surface area contributed by atoms with Crippen molar-refractivity contribution in [3.8, 4) is 11.1 Å². The van der Waals surface area contributed by atoms with Crippen molar-refractivity contribution in [3.63, 3.8) is 0 Å². The van der Waals surface area contributed by atoms with E-state index in [1.54, 1.807) is 47.9 Å². The lowest BCUT2D eigenvalue weighted by Crippen LogP contribution is -2.21. The van der Waals surface area contributed by atoms with Crippen molar-refractivity contribution in [1.82, 2.24) is 15.4 Å². The first-order valence-corrected chi connectivity index (χ1v) is 9.81. The predicted octanol–water partition coefficient (Wildman–Crippen LogP) is 4.89. The zero-order chi connectivity index (χ0) is 22.5. The fourth-order valence-corrected chi connectivity index (χ4v) is 4.10. The number of nitrogens with one attached hydrogen (secondary N) is 2. The van der Waals surface area contributed by atoms with E-state index in [1.165, 1.54) is 0 Å². The highest BCUT2D eigenvalue weighted by atomic mass is 19.4. The number of halogens is 3. The van der Waals surface area contributed by atoms with E-state index in [-0.39, 0.29) is 5.52 Å². The van der Waals surface area contributed by atoms with Crippen molar-refractivity contribution in [2.45, 2.75) is 19.3 Å². The first kappa shape index (κ1) is 20.1. The van der Waals surface area contributed by atoms with E-state index in [9.17, 15) is 18.0 Å². The van der Waals surface area contributed by atoms with E-state index in [4.69, 9.17) is 5.21 Å². The highest BCUT2D eigenvalue weighted by molar-refractivity contribution is 5.96. The molecular weight excluding hydrogens is 421 g/mol. The zero-order valence-corrected chi connectivity index (χ0v) is 16.6. The van der Waals surface area contributed by atoms with Crippen LogP contribution in [0.15, 0.2) is 60.7 Å². The summed E-state index contributed by atoms with van der Waals surface area (Å²) >= 11 is 0. The van der Waals surface area contributed by atoms with E-state index in [0.717, 1.165) is 23.3 Å². The summed E-state index contributed by atoms with van der Waals surface area (Å²) in [4.78, 5) is 21.5. The molecule has 0 bridgehead atoms. The lowest BCUT2D eigenvalue weighted by Gasteiger charge is -2.13. The fraction of sp³-hybridized carbons (Fsp3) is 0.130. The number of alkyl halides is 3. The van der Waals surface area contributed by atoms with Gasteiger partial charge in [-0.1, -0.05) is 42.5 Å². The molecule has 5 rings (SSSR count). The highest BCUT2D eigenvalue weighted by Gasteiger charge is 2.33. The summed E-state index contributed by atoms with van der Waals surface area (Å²) in [7, 11) is 0. The van der Waals surface area contributed by atoms with Crippen LogP contribution < -0.4 is 10.4 Å². The summed E-state index contributed by atoms with van der Waals surface area (Å²) in [5.74, 6) is -0.211. The summed E-state index contributed by atoms with van der Waals surface area (Å²) in [6.07, 6.45) is -4.50. The van der Waals surface area contributed by atoms with Crippen molar-refractivity contribution in [2.75, 3.05) is 4.90 Å². The molecule has 1 aromatic heterocycles. The quantitative estimate of drug-likeness (QED) is 0.314. The third-order valence-corrected chi connectivity index (χ3v) is 5.62. The number of H-pyrrole nitrogens is 1. The van der Waals surface area contributed by atoms with E-state index in [2.05, 4.69) is 9.97 Å². The lowest BCUT2D eigenvalue weighted by molar-refractivity contribution is -0.137. The Morgan fingerprint density at radius 1 is 1.06 bits per heavy atom. The average molecular weight is 438 g/mol. The number of carbonyl (C=O) groups is 1. The molecule has 0 aliphatic carbocycles. The second-order valence-electron chi connectivity index (χ2n) is 7.58. The van der Waals surface area contributed by atoms with Crippen LogP contribution in [0.5, 0.6) is 0 Å². The number of hydrogen-bond acceptors (Lipinski definition) is 4. The van der Waals surface area contributed by atoms with Gasteiger partial charge in [0.1, 0.15) is 0 Å². The Kier molecular flexibility index (Phi) is 4.63. The largest absolute Gasteiger partial charge is 0.416 e. The van der Waals surface area contributed by atoms with Gasteiger partial charge >= 0.3 is 6.18 Å². The topological polar surface area (TPSA) is 81.2 Å². The molecule has 3 N–H and O–H groups in total. The Bertz CT molecular complexity index is 1330. The molecule has 0 unspecified atom stereocenters. The van der Waals surface area contributed by atoms with Gasteiger partial charge in [-0.05, 0) is 34.9 Å². The van der Waals surface area contributed by atoms with Crippen molar-refractivity contribution in [3.05, 3.63) is 82.9 Å². The van der Waals surface area contributed by atoms with Gasteiger partial charge in [-0.2, -0.15) is 13.2 Å².